The van der Waals surface area contributed by atoms with Crippen LogP contribution in [0.3, 0.4) is 0 Å². The minimum atomic E-state index is -1.07. The summed E-state index contributed by atoms with van der Waals surface area (Å²) in [6.45, 7) is 0.885. The Labute approximate surface area is 214 Å². The standard InChI is InChI=1S/C27H28N6O4/c28-27(30-16-18-5-2-1-3-6-18)31-21-9-8-19-10-12-33(23(19)13-21)25(35)15-24(34)32-22(14-26(36)37)20-7-4-11-29-17-20/h1-9,11,13,17,22H,10,12,14-16H2,(H,32,34)(H,36,37)(H3,28,30,31). The quantitative estimate of drug-likeness (QED) is 0.200. The first-order valence-electron chi connectivity index (χ1n) is 11.8. The summed E-state index contributed by atoms with van der Waals surface area (Å²) < 4.78 is 0. The third-order valence-electron chi connectivity index (χ3n) is 5.94. The van der Waals surface area contributed by atoms with Crippen LogP contribution in [0.2, 0.25) is 0 Å². The van der Waals surface area contributed by atoms with Crippen LogP contribution in [0, 0.1) is 0 Å². The second-order valence-electron chi connectivity index (χ2n) is 8.63. The van der Waals surface area contributed by atoms with Gasteiger partial charge in [0.25, 0.3) is 0 Å². The number of nitrogens with zero attached hydrogens (tertiary/aromatic N) is 3. The lowest BCUT2D eigenvalue weighted by molar-refractivity contribution is -0.137. The number of carbonyl (C=O) groups excluding carboxylic acids is 2. The Morgan fingerprint density at radius 2 is 1.92 bits per heavy atom. The number of carboxylic acid groups (broad SMARTS) is 1. The lowest BCUT2D eigenvalue weighted by atomic mass is 10.1. The number of fused-ring (bicyclic) bond motifs is 1. The van der Waals surface area contributed by atoms with E-state index in [4.69, 9.17) is 5.73 Å². The topological polar surface area (TPSA) is 150 Å². The van der Waals surface area contributed by atoms with Crippen molar-refractivity contribution < 1.29 is 19.5 Å². The zero-order valence-electron chi connectivity index (χ0n) is 20.1. The van der Waals surface area contributed by atoms with E-state index in [1.807, 2.05) is 48.5 Å². The summed E-state index contributed by atoms with van der Waals surface area (Å²) in [4.78, 5) is 46.9. The predicted octanol–water partition coefficient (Wildman–Crippen LogP) is 2.62. The lowest BCUT2D eigenvalue weighted by Crippen LogP contribution is -2.36. The van der Waals surface area contributed by atoms with Crippen molar-refractivity contribution in [3.63, 3.8) is 0 Å². The van der Waals surface area contributed by atoms with Crippen molar-refractivity contribution in [1.29, 1.82) is 0 Å². The maximum absolute atomic E-state index is 13.0. The van der Waals surface area contributed by atoms with Crippen LogP contribution in [-0.2, 0) is 27.3 Å². The molecule has 1 aromatic heterocycles. The molecule has 0 bridgehead atoms. The number of hydrogen-bond donors (Lipinski definition) is 4. The monoisotopic (exact) mass is 500 g/mol. The summed E-state index contributed by atoms with van der Waals surface area (Å²) in [5, 5.41) is 14.9. The summed E-state index contributed by atoms with van der Waals surface area (Å²) in [5.74, 6) is -1.75. The number of rotatable bonds is 9. The van der Waals surface area contributed by atoms with Crippen molar-refractivity contribution >= 4 is 35.1 Å². The summed E-state index contributed by atoms with van der Waals surface area (Å²) >= 11 is 0. The second kappa shape index (κ2) is 11.8. The molecule has 10 heteroatoms. The van der Waals surface area contributed by atoms with Gasteiger partial charge in [-0.15, -0.1) is 0 Å². The number of nitrogens with two attached hydrogens (primary N) is 1. The van der Waals surface area contributed by atoms with Crippen LogP contribution < -0.4 is 21.3 Å². The molecule has 1 atom stereocenters. The number of nitrogens with one attached hydrogen (secondary N) is 2. The molecule has 0 saturated heterocycles. The van der Waals surface area contributed by atoms with Gasteiger partial charge in [0.2, 0.25) is 11.8 Å². The van der Waals surface area contributed by atoms with Gasteiger partial charge in [0, 0.05) is 30.3 Å². The molecule has 4 rings (SSSR count). The number of anilines is 2. The van der Waals surface area contributed by atoms with Crippen LogP contribution in [0.1, 0.15) is 35.6 Å². The Balaban J connectivity index is 1.39. The van der Waals surface area contributed by atoms with Crippen LogP contribution >= 0.6 is 0 Å². The van der Waals surface area contributed by atoms with E-state index < -0.39 is 24.3 Å². The molecule has 0 saturated carbocycles. The molecular formula is C27H28N6O4. The fourth-order valence-electron chi connectivity index (χ4n) is 4.15. The van der Waals surface area contributed by atoms with Gasteiger partial charge in [0.05, 0.1) is 19.0 Å². The molecule has 0 radical (unpaired) electrons. The van der Waals surface area contributed by atoms with Crippen LogP contribution in [-0.4, -0.2) is 40.4 Å². The molecule has 1 unspecified atom stereocenters. The number of carboxylic acids is 1. The normalized spacial score (nSPS) is 13.5. The van der Waals surface area contributed by atoms with Crippen molar-refractivity contribution in [1.82, 2.24) is 10.3 Å². The first-order valence-corrected chi connectivity index (χ1v) is 11.8. The van der Waals surface area contributed by atoms with Gasteiger partial charge in [-0.1, -0.05) is 42.5 Å². The van der Waals surface area contributed by atoms with Gasteiger partial charge in [0.15, 0.2) is 5.96 Å². The Bertz CT molecular complexity index is 1300. The van der Waals surface area contributed by atoms with E-state index >= 15 is 0 Å². The van der Waals surface area contributed by atoms with E-state index in [1.165, 1.54) is 6.20 Å². The maximum atomic E-state index is 13.0. The molecule has 37 heavy (non-hydrogen) atoms. The summed E-state index contributed by atoms with van der Waals surface area (Å²) in [6, 6.07) is 17.9. The summed E-state index contributed by atoms with van der Waals surface area (Å²) in [7, 11) is 0. The highest BCUT2D eigenvalue weighted by molar-refractivity contribution is 6.06. The van der Waals surface area contributed by atoms with Crippen molar-refractivity contribution in [2.24, 2.45) is 10.7 Å². The number of amides is 2. The number of aliphatic carboxylic acids is 1. The average Bonchev–Trinajstić information content (AvgIpc) is 3.31. The van der Waals surface area contributed by atoms with Crippen molar-refractivity contribution in [3.05, 3.63) is 89.7 Å². The Morgan fingerprint density at radius 1 is 1.11 bits per heavy atom. The second-order valence-corrected chi connectivity index (χ2v) is 8.63. The molecule has 0 fully saturated rings. The molecule has 190 valence electrons. The number of carbonyl (C=O) groups is 3. The fraction of sp³-hybridized carbons (Fsp3) is 0.222. The molecule has 2 aromatic carbocycles. The van der Waals surface area contributed by atoms with Crippen LogP contribution in [0.25, 0.3) is 0 Å². The summed E-state index contributed by atoms with van der Waals surface area (Å²) in [5.41, 5.74) is 10.00. The van der Waals surface area contributed by atoms with E-state index in [2.05, 4.69) is 20.6 Å². The van der Waals surface area contributed by atoms with Gasteiger partial charge in [-0.3, -0.25) is 19.4 Å². The highest BCUT2D eigenvalue weighted by Crippen LogP contribution is 2.31. The Hall–Kier alpha value is -4.73. The first-order chi connectivity index (χ1) is 17.9. The number of guanidine groups is 1. The molecule has 1 aliphatic heterocycles. The minimum Gasteiger partial charge on any atom is -0.481 e. The number of hydrogen-bond acceptors (Lipinski definition) is 5. The van der Waals surface area contributed by atoms with Crippen LogP contribution in [0.15, 0.2) is 78.0 Å². The third-order valence-corrected chi connectivity index (χ3v) is 5.94. The predicted molar refractivity (Wildman–Crippen MR) is 140 cm³/mol. The molecule has 5 N–H and O–H groups in total. The zero-order valence-corrected chi connectivity index (χ0v) is 20.1. The van der Waals surface area contributed by atoms with E-state index in [-0.39, 0.29) is 18.3 Å². The first kappa shape index (κ1) is 25.4. The number of benzene rings is 2. The smallest absolute Gasteiger partial charge is 0.305 e. The van der Waals surface area contributed by atoms with Crippen molar-refractivity contribution in [3.8, 4) is 0 Å². The molecule has 1 aliphatic rings. The molecule has 2 amide bonds. The van der Waals surface area contributed by atoms with E-state index in [0.717, 1.165) is 11.1 Å². The average molecular weight is 501 g/mol. The molecule has 10 nitrogen and oxygen atoms in total. The van der Waals surface area contributed by atoms with E-state index in [9.17, 15) is 19.5 Å². The molecule has 0 aliphatic carbocycles. The van der Waals surface area contributed by atoms with Gasteiger partial charge in [0.1, 0.15) is 6.42 Å². The highest BCUT2D eigenvalue weighted by atomic mass is 16.4. The van der Waals surface area contributed by atoms with Gasteiger partial charge in [-0.05, 0) is 41.3 Å². The highest BCUT2D eigenvalue weighted by Gasteiger charge is 2.27. The van der Waals surface area contributed by atoms with Gasteiger partial charge in [-0.25, -0.2) is 4.99 Å². The number of aliphatic imine (C=N–C) groups is 1. The number of pyridine rings is 1. The Kier molecular flexibility index (Phi) is 8.09. The molecule has 3 aromatic rings. The van der Waals surface area contributed by atoms with Crippen molar-refractivity contribution in [2.45, 2.75) is 31.8 Å². The molecule has 2 heterocycles. The van der Waals surface area contributed by atoms with Gasteiger partial charge >= 0.3 is 5.97 Å². The zero-order chi connectivity index (χ0) is 26.2. The van der Waals surface area contributed by atoms with Gasteiger partial charge in [-0.2, -0.15) is 0 Å². The third kappa shape index (κ3) is 6.91. The fourth-order valence-corrected chi connectivity index (χ4v) is 4.15. The van der Waals surface area contributed by atoms with E-state index in [1.54, 1.807) is 23.2 Å². The van der Waals surface area contributed by atoms with Crippen molar-refractivity contribution in [2.75, 3.05) is 16.8 Å². The van der Waals surface area contributed by atoms with Crippen LogP contribution in [0.5, 0.6) is 0 Å². The largest absolute Gasteiger partial charge is 0.481 e. The summed E-state index contributed by atoms with van der Waals surface area (Å²) in [6.07, 6.45) is 2.99. The van der Waals surface area contributed by atoms with E-state index in [0.29, 0.717) is 36.4 Å². The van der Waals surface area contributed by atoms with Gasteiger partial charge < -0.3 is 26.4 Å². The minimum absolute atomic E-state index is 0.249. The number of aromatic nitrogens is 1. The SMILES string of the molecule is NC(=NCc1ccccc1)Nc1ccc2c(c1)N(C(=O)CC(=O)NC(CC(=O)O)c1cccnc1)CC2. The molecular weight excluding hydrogens is 472 g/mol. The molecule has 0 spiro atoms. The maximum Gasteiger partial charge on any atom is 0.305 e. The lowest BCUT2D eigenvalue weighted by Gasteiger charge is -2.20. The Morgan fingerprint density at radius 3 is 2.65 bits per heavy atom. The van der Waals surface area contributed by atoms with Crippen LogP contribution in [0.4, 0.5) is 11.4 Å².